The summed E-state index contributed by atoms with van der Waals surface area (Å²) in [6, 6.07) is 13.7. The fourth-order valence-corrected chi connectivity index (χ4v) is 5.63. The van der Waals surface area contributed by atoms with Crippen LogP contribution in [-0.4, -0.2) is 37.2 Å². The minimum atomic E-state index is -3.71. The SMILES string of the molecule is C[C@@H](CC(=O)Nc1ccc(-c2ccno2)cc1)S(=O)(=O)c1ccc2c(c1)CCN2C(=O)C1CC1. The molecule has 3 aromatic rings. The Balaban J connectivity index is 1.24. The molecule has 9 heteroatoms. The molecule has 5 rings (SSSR count). The fraction of sp³-hybridized carbons (Fsp3) is 0.320. The summed E-state index contributed by atoms with van der Waals surface area (Å²) >= 11 is 0. The molecule has 1 aliphatic heterocycles. The summed E-state index contributed by atoms with van der Waals surface area (Å²) in [5.74, 6) is 0.484. The van der Waals surface area contributed by atoms with Crippen LogP contribution in [0.2, 0.25) is 0 Å². The smallest absolute Gasteiger partial charge is 0.230 e. The van der Waals surface area contributed by atoms with Gasteiger partial charge in [-0.05, 0) is 74.2 Å². The minimum Gasteiger partial charge on any atom is -0.356 e. The van der Waals surface area contributed by atoms with Crippen LogP contribution in [0, 0.1) is 5.92 Å². The van der Waals surface area contributed by atoms with Crippen molar-refractivity contribution in [2.75, 3.05) is 16.8 Å². The van der Waals surface area contributed by atoms with Gasteiger partial charge in [-0.15, -0.1) is 0 Å². The average molecular weight is 480 g/mol. The zero-order valence-corrected chi connectivity index (χ0v) is 19.5. The van der Waals surface area contributed by atoms with Gasteiger partial charge in [0.2, 0.25) is 11.8 Å². The highest BCUT2D eigenvalue weighted by molar-refractivity contribution is 7.92. The maximum absolute atomic E-state index is 13.2. The Morgan fingerprint density at radius 1 is 1.15 bits per heavy atom. The summed E-state index contributed by atoms with van der Waals surface area (Å²) in [7, 11) is -3.71. The van der Waals surface area contributed by atoms with Crippen molar-refractivity contribution in [2.45, 2.75) is 42.8 Å². The molecule has 34 heavy (non-hydrogen) atoms. The van der Waals surface area contributed by atoms with E-state index in [2.05, 4.69) is 10.5 Å². The molecular weight excluding hydrogens is 454 g/mol. The molecule has 2 aliphatic rings. The van der Waals surface area contributed by atoms with Gasteiger partial charge in [0, 0.05) is 41.9 Å². The highest BCUT2D eigenvalue weighted by Gasteiger charge is 2.37. The number of sulfone groups is 1. The van der Waals surface area contributed by atoms with Crippen LogP contribution < -0.4 is 10.2 Å². The second-order valence-corrected chi connectivity index (χ2v) is 11.2. The Morgan fingerprint density at radius 3 is 2.59 bits per heavy atom. The fourth-order valence-electron chi connectivity index (χ4n) is 4.23. The van der Waals surface area contributed by atoms with Crippen LogP contribution in [0.1, 0.15) is 31.7 Å². The molecular formula is C25H25N3O5S. The molecule has 2 aromatic carbocycles. The summed E-state index contributed by atoms with van der Waals surface area (Å²) in [6.45, 7) is 2.12. The summed E-state index contributed by atoms with van der Waals surface area (Å²) < 4.78 is 31.4. The Labute approximate surface area is 197 Å². The van der Waals surface area contributed by atoms with Crippen molar-refractivity contribution >= 4 is 33.0 Å². The van der Waals surface area contributed by atoms with Gasteiger partial charge in [0.25, 0.3) is 0 Å². The van der Waals surface area contributed by atoms with Crippen LogP contribution >= 0.6 is 0 Å². The van der Waals surface area contributed by atoms with Crippen LogP contribution in [0.5, 0.6) is 0 Å². The van der Waals surface area contributed by atoms with Gasteiger partial charge in [-0.1, -0.05) is 5.16 Å². The van der Waals surface area contributed by atoms with E-state index in [0.29, 0.717) is 24.4 Å². The number of hydrogen-bond acceptors (Lipinski definition) is 6. The number of amides is 2. The van der Waals surface area contributed by atoms with E-state index in [0.717, 1.165) is 29.7 Å². The molecule has 176 valence electrons. The maximum Gasteiger partial charge on any atom is 0.230 e. The maximum atomic E-state index is 13.2. The molecule has 1 fully saturated rings. The van der Waals surface area contributed by atoms with Gasteiger partial charge in [-0.25, -0.2) is 8.42 Å². The highest BCUT2D eigenvalue weighted by atomic mass is 32.2. The third-order valence-corrected chi connectivity index (χ3v) is 8.50. The number of hydrogen-bond donors (Lipinski definition) is 1. The molecule has 0 unspecified atom stereocenters. The second kappa shape index (κ2) is 8.72. The molecule has 2 amide bonds. The summed E-state index contributed by atoms with van der Waals surface area (Å²) in [4.78, 5) is 27.0. The standard InChI is InChI=1S/C25H25N3O5S/c1-16(14-24(29)27-20-6-4-17(5-7-20)23-10-12-26-33-23)34(31,32)21-8-9-22-19(15-21)11-13-28(22)25(30)18-2-3-18/h4-10,12,15-16,18H,2-3,11,13-14H2,1H3,(H,27,29)/t16-/m0/s1. The van der Waals surface area contributed by atoms with Gasteiger partial charge in [0.15, 0.2) is 15.6 Å². The average Bonchev–Trinajstić information content (AvgIpc) is 3.36. The Morgan fingerprint density at radius 2 is 1.91 bits per heavy atom. The predicted octanol–water partition coefficient (Wildman–Crippen LogP) is 3.83. The zero-order valence-electron chi connectivity index (χ0n) is 18.7. The van der Waals surface area contributed by atoms with E-state index >= 15 is 0 Å². The lowest BCUT2D eigenvalue weighted by atomic mass is 10.1. The summed E-state index contributed by atoms with van der Waals surface area (Å²) in [6.07, 6.45) is 3.88. The van der Waals surface area contributed by atoms with Crippen LogP contribution in [0.25, 0.3) is 11.3 Å². The van der Waals surface area contributed by atoms with Gasteiger partial charge >= 0.3 is 0 Å². The number of anilines is 2. The molecule has 0 saturated heterocycles. The molecule has 0 radical (unpaired) electrons. The largest absolute Gasteiger partial charge is 0.356 e. The van der Waals surface area contributed by atoms with Crippen molar-refractivity contribution < 1.29 is 22.5 Å². The van der Waals surface area contributed by atoms with E-state index in [1.807, 2.05) is 0 Å². The van der Waals surface area contributed by atoms with E-state index in [9.17, 15) is 18.0 Å². The number of carbonyl (C=O) groups is 2. The number of fused-ring (bicyclic) bond motifs is 1. The Bertz CT molecular complexity index is 1330. The van der Waals surface area contributed by atoms with Crippen LogP contribution in [0.3, 0.4) is 0 Å². The van der Waals surface area contributed by atoms with E-state index in [1.165, 1.54) is 6.92 Å². The summed E-state index contributed by atoms with van der Waals surface area (Å²) in [5, 5.41) is 5.52. The van der Waals surface area contributed by atoms with E-state index < -0.39 is 15.1 Å². The molecule has 1 N–H and O–H groups in total. The van der Waals surface area contributed by atoms with Crippen molar-refractivity contribution in [3.63, 3.8) is 0 Å². The molecule has 1 aromatic heterocycles. The molecule has 0 spiro atoms. The van der Waals surface area contributed by atoms with E-state index in [4.69, 9.17) is 4.52 Å². The van der Waals surface area contributed by atoms with Gasteiger partial charge < -0.3 is 14.7 Å². The van der Waals surface area contributed by atoms with E-state index in [-0.39, 0.29) is 29.0 Å². The zero-order chi connectivity index (χ0) is 23.9. The van der Waals surface area contributed by atoms with Crippen LogP contribution in [0.15, 0.2) is 64.1 Å². The number of benzene rings is 2. The van der Waals surface area contributed by atoms with Gasteiger partial charge in [-0.3, -0.25) is 9.59 Å². The lowest BCUT2D eigenvalue weighted by molar-refractivity contribution is -0.119. The molecule has 2 heterocycles. The van der Waals surface area contributed by atoms with Gasteiger partial charge in [0.1, 0.15) is 0 Å². The number of carbonyl (C=O) groups excluding carboxylic acids is 2. The molecule has 1 atom stereocenters. The Kier molecular flexibility index (Phi) is 5.73. The van der Waals surface area contributed by atoms with Crippen LogP contribution in [0.4, 0.5) is 11.4 Å². The third kappa shape index (κ3) is 4.35. The first-order valence-electron chi connectivity index (χ1n) is 11.3. The first-order chi connectivity index (χ1) is 16.3. The lowest BCUT2D eigenvalue weighted by Gasteiger charge is -2.18. The quantitative estimate of drug-likeness (QED) is 0.552. The van der Waals surface area contributed by atoms with E-state index in [1.54, 1.807) is 59.6 Å². The first kappa shape index (κ1) is 22.3. The molecule has 1 saturated carbocycles. The highest BCUT2D eigenvalue weighted by Crippen LogP contribution is 2.37. The van der Waals surface area contributed by atoms with Crippen molar-refractivity contribution in [1.82, 2.24) is 5.16 Å². The molecule has 0 bridgehead atoms. The number of aromatic nitrogens is 1. The Hall–Kier alpha value is -3.46. The summed E-state index contributed by atoms with van der Waals surface area (Å²) in [5.41, 5.74) is 3.05. The normalized spacial score (nSPS) is 16.2. The topological polar surface area (TPSA) is 110 Å². The van der Waals surface area contributed by atoms with Gasteiger partial charge in [-0.2, -0.15) is 0 Å². The van der Waals surface area contributed by atoms with Crippen molar-refractivity contribution in [3.8, 4) is 11.3 Å². The monoisotopic (exact) mass is 479 g/mol. The minimum absolute atomic E-state index is 0.117. The van der Waals surface area contributed by atoms with Crippen molar-refractivity contribution in [1.29, 1.82) is 0 Å². The number of nitrogens with zero attached hydrogens (tertiary/aromatic N) is 2. The number of rotatable bonds is 7. The second-order valence-electron chi connectivity index (χ2n) is 8.87. The van der Waals surface area contributed by atoms with Gasteiger partial charge in [0.05, 0.1) is 16.3 Å². The lowest BCUT2D eigenvalue weighted by Crippen LogP contribution is -2.30. The third-order valence-electron chi connectivity index (χ3n) is 6.36. The number of nitrogens with one attached hydrogen (secondary N) is 1. The first-order valence-corrected chi connectivity index (χ1v) is 12.9. The van der Waals surface area contributed by atoms with Crippen molar-refractivity contribution in [3.05, 3.63) is 60.3 Å². The molecule has 8 nitrogen and oxygen atoms in total. The molecule has 1 aliphatic carbocycles. The van der Waals surface area contributed by atoms with Crippen LogP contribution in [-0.2, 0) is 25.8 Å². The van der Waals surface area contributed by atoms with Crippen molar-refractivity contribution in [2.24, 2.45) is 5.92 Å². The predicted molar refractivity (Wildman–Crippen MR) is 127 cm³/mol.